The smallest absolute Gasteiger partial charge is 0.251 e. The van der Waals surface area contributed by atoms with Crippen molar-refractivity contribution < 1.29 is 4.79 Å². The lowest BCUT2D eigenvalue weighted by molar-refractivity contribution is 0.0924. The second-order valence-corrected chi connectivity index (χ2v) is 5.72. The van der Waals surface area contributed by atoms with Crippen LogP contribution in [0, 0.1) is 0 Å². The number of piperidine rings is 1. The van der Waals surface area contributed by atoms with Crippen molar-refractivity contribution in [2.45, 2.75) is 43.8 Å². The monoisotopic (exact) mass is 264 g/mol. The van der Waals surface area contributed by atoms with Gasteiger partial charge in [0.2, 0.25) is 0 Å². The first kappa shape index (κ1) is 12.0. The Bertz CT molecular complexity index is 434. The summed E-state index contributed by atoms with van der Waals surface area (Å²) in [6.45, 7) is 0. The lowest BCUT2D eigenvalue weighted by atomic mass is 9.99. The molecule has 2 N–H and O–H groups in total. The van der Waals surface area contributed by atoms with E-state index in [0.29, 0.717) is 28.7 Å². The molecule has 0 radical (unpaired) electrons. The van der Waals surface area contributed by atoms with Crippen molar-refractivity contribution in [3.05, 3.63) is 34.9 Å². The molecular formula is C14H17ClN2O. The van der Waals surface area contributed by atoms with E-state index >= 15 is 0 Å². The quantitative estimate of drug-likeness (QED) is 0.861. The first-order chi connectivity index (χ1) is 8.70. The standard InChI is InChI=1S/C14H17ClN2O/c15-10-3-1-9(2-4-10)14(18)17-13-7-11-5-6-12(8-13)16-11/h1-4,11-13,16H,5-8H2,(H,17,18). The second kappa shape index (κ2) is 4.90. The van der Waals surface area contributed by atoms with Crippen LogP contribution in [0.25, 0.3) is 0 Å². The molecule has 2 bridgehead atoms. The average Bonchev–Trinajstić information content (AvgIpc) is 2.69. The van der Waals surface area contributed by atoms with Crippen LogP contribution in [-0.2, 0) is 0 Å². The maximum absolute atomic E-state index is 12.1. The highest BCUT2D eigenvalue weighted by Gasteiger charge is 2.33. The molecule has 2 fully saturated rings. The average molecular weight is 265 g/mol. The highest BCUT2D eigenvalue weighted by Crippen LogP contribution is 2.26. The molecule has 1 aromatic rings. The lowest BCUT2D eigenvalue weighted by Gasteiger charge is -2.29. The summed E-state index contributed by atoms with van der Waals surface area (Å²) < 4.78 is 0. The fourth-order valence-corrected chi connectivity index (χ4v) is 3.17. The molecule has 4 heteroatoms. The van der Waals surface area contributed by atoms with E-state index < -0.39 is 0 Å². The van der Waals surface area contributed by atoms with E-state index in [9.17, 15) is 4.79 Å². The van der Waals surface area contributed by atoms with Gasteiger partial charge in [0.1, 0.15) is 0 Å². The third kappa shape index (κ3) is 2.52. The normalized spacial score (nSPS) is 30.2. The second-order valence-electron chi connectivity index (χ2n) is 5.29. The van der Waals surface area contributed by atoms with Gasteiger partial charge in [0, 0.05) is 28.7 Å². The van der Waals surface area contributed by atoms with Crippen LogP contribution in [0.2, 0.25) is 5.02 Å². The SMILES string of the molecule is O=C(NC1CC2CCC(C1)N2)c1ccc(Cl)cc1. The van der Waals surface area contributed by atoms with E-state index in [1.165, 1.54) is 12.8 Å². The number of carbonyl (C=O) groups is 1. The van der Waals surface area contributed by atoms with E-state index in [1.54, 1.807) is 24.3 Å². The number of benzene rings is 1. The predicted octanol–water partition coefficient (Wildman–Crippen LogP) is 2.35. The lowest BCUT2D eigenvalue weighted by Crippen LogP contribution is -2.48. The number of carbonyl (C=O) groups excluding carboxylic acids is 1. The van der Waals surface area contributed by atoms with Crippen LogP contribution in [0.15, 0.2) is 24.3 Å². The molecule has 0 aliphatic carbocycles. The van der Waals surface area contributed by atoms with Crippen molar-refractivity contribution in [3.63, 3.8) is 0 Å². The van der Waals surface area contributed by atoms with Crippen LogP contribution >= 0.6 is 11.6 Å². The van der Waals surface area contributed by atoms with Crippen molar-refractivity contribution in [1.29, 1.82) is 0 Å². The van der Waals surface area contributed by atoms with Crippen molar-refractivity contribution in [2.24, 2.45) is 0 Å². The number of halogens is 1. The first-order valence-corrected chi connectivity index (χ1v) is 6.91. The van der Waals surface area contributed by atoms with Gasteiger partial charge in [-0.25, -0.2) is 0 Å². The van der Waals surface area contributed by atoms with Gasteiger partial charge in [-0.3, -0.25) is 4.79 Å². The summed E-state index contributed by atoms with van der Waals surface area (Å²) in [6, 6.07) is 8.55. The Balaban J connectivity index is 1.62. The van der Waals surface area contributed by atoms with Gasteiger partial charge in [-0.15, -0.1) is 0 Å². The molecule has 2 aliphatic heterocycles. The zero-order valence-electron chi connectivity index (χ0n) is 10.2. The molecule has 2 aliphatic rings. The van der Waals surface area contributed by atoms with E-state index in [4.69, 9.17) is 11.6 Å². The van der Waals surface area contributed by atoms with Crippen molar-refractivity contribution in [2.75, 3.05) is 0 Å². The molecule has 2 unspecified atom stereocenters. The van der Waals surface area contributed by atoms with Crippen molar-refractivity contribution in [3.8, 4) is 0 Å². The van der Waals surface area contributed by atoms with E-state index in [2.05, 4.69) is 10.6 Å². The number of amides is 1. The zero-order valence-corrected chi connectivity index (χ0v) is 10.9. The number of nitrogens with one attached hydrogen (secondary N) is 2. The molecule has 18 heavy (non-hydrogen) atoms. The third-order valence-electron chi connectivity index (χ3n) is 3.91. The highest BCUT2D eigenvalue weighted by molar-refractivity contribution is 6.30. The zero-order chi connectivity index (χ0) is 12.5. The van der Waals surface area contributed by atoms with E-state index in [0.717, 1.165) is 12.8 Å². The fraction of sp³-hybridized carbons (Fsp3) is 0.500. The van der Waals surface area contributed by atoms with Crippen LogP contribution in [0.4, 0.5) is 0 Å². The van der Waals surface area contributed by atoms with Crippen LogP contribution in [0.5, 0.6) is 0 Å². The minimum Gasteiger partial charge on any atom is -0.349 e. The summed E-state index contributed by atoms with van der Waals surface area (Å²) >= 11 is 5.81. The van der Waals surface area contributed by atoms with E-state index in [-0.39, 0.29) is 5.91 Å². The van der Waals surface area contributed by atoms with Gasteiger partial charge in [-0.2, -0.15) is 0 Å². The molecular weight excluding hydrogens is 248 g/mol. The molecule has 0 aromatic heterocycles. The van der Waals surface area contributed by atoms with Crippen LogP contribution in [-0.4, -0.2) is 24.0 Å². The largest absolute Gasteiger partial charge is 0.349 e. The maximum Gasteiger partial charge on any atom is 0.251 e. The summed E-state index contributed by atoms with van der Waals surface area (Å²) in [5.74, 6) is 0.0120. The summed E-state index contributed by atoms with van der Waals surface area (Å²) in [5.41, 5.74) is 0.685. The maximum atomic E-state index is 12.1. The molecule has 3 rings (SSSR count). The van der Waals surface area contributed by atoms with Crippen LogP contribution in [0.3, 0.4) is 0 Å². The van der Waals surface area contributed by atoms with Gasteiger partial charge in [0.15, 0.2) is 0 Å². The predicted molar refractivity (Wildman–Crippen MR) is 71.9 cm³/mol. The molecule has 1 aromatic carbocycles. The number of hydrogen-bond donors (Lipinski definition) is 2. The Hall–Kier alpha value is -1.06. The summed E-state index contributed by atoms with van der Waals surface area (Å²) in [6.07, 6.45) is 4.60. The summed E-state index contributed by atoms with van der Waals surface area (Å²) in [5, 5.41) is 7.36. The van der Waals surface area contributed by atoms with Crippen molar-refractivity contribution in [1.82, 2.24) is 10.6 Å². The summed E-state index contributed by atoms with van der Waals surface area (Å²) in [7, 11) is 0. The molecule has 0 spiro atoms. The van der Waals surface area contributed by atoms with Gasteiger partial charge in [0.25, 0.3) is 5.91 Å². The Morgan fingerprint density at radius 2 is 1.78 bits per heavy atom. The number of hydrogen-bond acceptors (Lipinski definition) is 2. The van der Waals surface area contributed by atoms with Crippen molar-refractivity contribution >= 4 is 17.5 Å². The Morgan fingerprint density at radius 1 is 1.17 bits per heavy atom. The third-order valence-corrected chi connectivity index (χ3v) is 4.17. The van der Waals surface area contributed by atoms with Gasteiger partial charge >= 0.3 is 0 Å². The molecule has 2 heterocycles. The number of rotatable bonds is 2. The molecule has 3 nitrogen and oxygen atoms in total. The van der Waals surface area contributed by atoms with Crippen LogP contribution in [0.1, 0.15) is 36.0 Å². The first-order valence-electron chi connectivity index (χ1n) is 6.53. The van der Waals surface area contributed by atoms with Gasteiger partial charge < -0.3 is 10.6 Å². The summed E-state index contributed by atoms with van der Waals surface area (Å²) in [4.78, 5) is 12.1. The van der Waals surface area contributed by atoms with Gasteiger partial charge in [-0.05, 0) is 49.9 Å². The number of fused-ring (bicyclic) bond motifs is 2. The van der Waals surface area contributed by atoms with Gasteiger partial charge in [0.05, 0.1) is 0 Å². The topological polar surface area (TPSA) is 41.1 Å². The Morgan fingerprint density at radius 3 is 2.39 bits per heavy atom. The molecule has 1 amide bonds. The Kier molecular flexibility index (Phi) is 3.27. The molecule has 2 atom stereocenters. The van der Waals surface area contributed by atoms with Crippen LogP contribution < -0.4 is 10.6 Å². The van der Waals surface area contributed by atoms with Gasteiger partial charge in [-0.1, -0.05) is 11.6 Å². The van der Waals surface area contributed by atoms with E-state index in [1.807, 2.05) is 0 Å². The minimum atomic E-state index is 0.0120. The Labute approximate surface area is 112 Å². The molecule has 96 valence electrons. The molecule has 2 saturated heterocycles. The molecule has 0 saturated carbocycles. The highest BCUT2D eigenvalue weighted by atomic mass is 35.5. The fourth-order valence-electron chi connectivity index (χ4n) is 3.05. The minimum absolute atomic E-state index is 0.0120.